The minimum absolute atomic E-state index is 0.00946. The summed E-state index contributed by atoms with van der Waals surface area (Å²) in [5.74, 6) is 1.02. The maximum atomic E-state index is 12.3. The minimum Gasteiger partial charge on any atom is -0.484 e. The third-order valence-corrected chi connectivity index (χ3v) is 3.67. The molecule has 0 saturated heterocycles. The van der Waals surface area contributed by atoms with E-state index in [-0.39, 0.29) is 18.2 Å². The predicted octanol–water partition coefficient (Wildman–Crippen LogP) is 3.01. The molecule has 22 heavy (non-hydrogen) atoms. The summed E-state index contributed by atoms with van der Waals surface area (Å²) in [6.07, 6.45) is 3.13. The molecule has 120 valence electrons. The molecule has 1 saturated carbocycles. The molecule has 0 spiro atoms. The molecule has 0 heterocycles. The maximum Gasteiger partial charge on any atom is 0.269 e. The van der Waals surface area contributed by atoms with E-state index in [9.17, 15) is 14.9 Å². The lowest BCUT2D eigenvalue weighted by Gasteiger charge is -2.23. The fourth-order valence-corrected chi connectivity index (χ4v) is 2.19. The molecule has 1 aliphatic rings. The quantitative estimate of drug-likeness (QED) is 0.546. The lowest BCUT2D eigenvalue weighted by Crippen LogP contribution is -2.37. The molecule has 1 aromatic carbocycles. The van der Waals surface area contributed by atoms with Gasteiger partial charge in [-0.2, -0.15) is 0 Å². The number of rotatable bonds is 8. The van der Waals surface area contributed by atoms with Gasteiger partial charge in [0.1, 0.15) is 5.75 Å². The number of benzene rings is 1. The third kappa shape index (κ3) is 4.72. The second-order valence-electron chi connectivity index (χ2n) is 6.04. The number of non-ortho nitro benzene ring substituents is 1. The van der Waals surface area contributed by atoms with Crippen molar-refractivity contribution in [2.45, 2.75) is 39.2 Å². The molecular formula is C16H22N2O4. The number of hydrogen-bond acceptors (Lipinski definition) is 4. The summed E-state index contributed by atoms with van der Waals surface area (Å²) in [5, 5.41) is 10.6. The Kier molecular flexibility index (Phi) is 5.35. The maximum absolute atomic E-state index is 12.3. The molecular weight excluding hydrogens is 284 g/mol. The van der Waals surface area contributed by atoms with Crippen molar-refractivity contribution >= 4 is 11.6 Å². The first-order chi connectivity index (χ1) is 10.5. The first kappa shape index (κ1) is 16.3. The van der Waals surface area contributed by atoms with E-state index >= 15 is 0 Å². The molecule has 0 atom stereocenters. The van der Waals surface area contributed by atoms with Gasteiger partial charge in [-0.1, -0.05) is 13.8 Å². The highest BCUT2D eigenvalue weighted by molar-refractivity contribution is 5.78. The van der Waals surface area contributed by atoms with Crippen molar-refractivity contribution in [2.75, 3.05) is 13.2 Å². The Morgan fingerprint density at radius 1 is 1.36 bits per heavy atom. The highest BCUT2D eigenvalue weighted by atomic mass is 16.6. The van der Waals surface area contributed by atoms with E-state index in [1.807, 2.05) is 4.90 Å². The van der Waals surface area contributed by atoms with Crippen molar-refractivity contribution in [3.05, 3.63) is 34.4 Å². The van der Waals surface area contributed by atoms with Crippen molar-refractivity contribution in [2.24, 2.45) is 5.92 Å². The molecule has 0 bridgehead atoms. The van der Waals surface area contributed by atoms with E-state index in [1.165, 1.54) is 24.3 Å². The zero-order chi connectivity index (χ0) is 16.1. The van der Waals surface area contributed by atoms with Gasteiger partial charge in [0, 0.05) is 24.7 Å². The number of carbonyl (C=O) groups excluding carboxylic acids is 1. The van der Waals surface area contributed by atoms with Gasteiger partial charge in [0.2, 0.25) is 0 Å². The summed E-state index contributed by atoms with van der Waals surface area (Å²) >= 11 is 0. The van der Waals surface area contributed by atoms with E-state index < -0.39 is 4.92 Å². The van der Waals surface area contributed by atoms with Gasteiger partial charge in [-0.05, 0) is 37.3 Å². The summed E-state index contributed by atoms with van der Waals surface area (Å²) in [5.41, 5.74) is 0.00946. The summed E-state index contributed by atoms with van der Waals surface area (Å²) in [6, 6.07) is 6.14. The SMILES string of the molecule is CC(C)CCN(C(=O)COc1ccc([N+](=O)[O-])cc1)C1CC1. The molecule has 1 aromatic rings. The van der Waals surface area contributed by atoms with Gasteiger partial charge in [-0.25, -0.2) is 0 Å². The average Bonchev–Trinajstić information content (AvgIpc) is 3.30. The standard InChI is InChI=1S/C16H22N2O4/c1-12(2)9-10-17(13-3-4-13)16(19)11-22-15-7-5-14(6-8-15)18(20)21/h5-8,12-13H,3-4,9-11H2,1-2H3. The highest BCUT2D eigenvalue weighted by Crippen LogP contribution is 2.27. The monoisotopic (exact) mass is 306 g/mol. The largest absolute Gasteiger partial charge is 0.484 e. The van der Waals surface area contributed by atoms with E-state index in [4.69, 9.17) is 4.74 Å². The Bertz CT molecular complexity index is 523. The third-order valence-electron chi connectivity index (χ3n) is 3.67. The van der Waals surface area contributed by atoms with Crippen LogP contribution in [0.3, 0.4) is 0 Å². The molecule has 0 N–H and O–H groups in total. The summed E-state index contributed by atoms with van der Waals surface area (Å²) in [7, 11) is 0. The van der Waals surface area contributed by atoms with Crippen LogP contribution >= 0.6 is 0 Å². The van der Waals surface area contributed by atoms with E-state index in [1.54, 1.807) is 0 Å². The summed E-state index contributed by atoms with van der Waals surface area (Å²) < 4.78 is 5.45. The Morgan fingerprint density at radius 2 is 2.00 bits per heavy atom. The molecule has 0 aromatic heterocycles. The number of carbonyl (C=O) groups is 1. The molecule has 1 amide bonds. The van der Waals surface area contributed by atoms with Crippen molar-refractivity contribution in [3.63, 3.8) is 0 Å². The van der Waals surface area contributed by atoms with Gasteiger partial charge in [-0.15, -0.1) is 0 Å². The molecule has 1 fully saturated rings. The van der Waals surface area contributed by atoms with Gasteiger partial charge >= 0.3 is 0 Å². The lowest BCUT2D eigenvalue weighted by molar-refractivity contribution is -0.384. The minimum atomic E-state index is -0.463. The van der Waals surface area contributed by atoms with Gasteiger partial charge < -0.3 is 9.64 Å². The van der Waals surface area contributed by atoms with Crippen molar-refractivity contribution in [1.29, 1.82) is 0 Å². The molecule has 6 heteroatoms. The predicted molar refractivity (Wildman–Crippen MR) is 82.8 cm³/mol. The number of nitrogens with zero attached hydrogens (tertiary/aromatic N) is 2. The van der Waals surface area contributed by atoms with Crippen molar-refractivity contribution < 1.29 is 14.5 Å². The summed E-state index contributed by atoms with van der Waals surface area (Å²) in [6.45, 7) is 5.03. The Labute approximate surface area is 130 Å². The van der Waals surface area contributed by atoms with Gasteiger partial charge in [-0.3, -0.25) is 14.9 Å². The Morgan fingerprint density at radius 3 is 2.50 bits per heavy atom. The average molecular weight is 306 g/mol. The van der Waals surface area contributed by atoms with Gasteiger partial charge in [0.25, 0.3) is 11.6 Å². The number of nitro groups is 1. The Balaban J connectivity index is 1.85. The van der Waals surface area contributed by atoms with Gasteiger partial charge in [0.15, 0.2) is 6.61 Å². The second-order valence-corrected chi connectivity index (χ2v) is 6.04. The van der Waals surface area contributed by atoms with Crippen LogP contribution in [0, 0.1) is 16.0 Å². The van der Waals surface area contributed by atoms with Crippen LogP contribution in [0.25, 0.3) is 0 Å². The second kappa shape index (κ2) is 7.24. The topological polar surface area (TPSA) is 72.7 Å². The number of ether oxygens (including phenoxy) is 1. The molecule has 1 aliphatic carbocycles. The smallest absolute Gasteiger partial charge is 0.269 e. The van der Waals surface area contributed by atoms with Gasteiger partial charge in [0.05, 0.1) is 4.92 Å². The Hall–Kier alpha value is -2.11. The van der Waals surface area contributed by atoms with Crippen LogP contribution < -0.4 is 4.74 Å². The van der Waals surface area contributed by atoms with E-state index in [0.717, 1.165) is 25.8 Å². The molecule has 0 unspecified atom stereocenters. The fourth-order valence-electron chi connectivity index (χ4n) is 2.19. The zero-order valence-electron chi connectivity index (χ0n) is 13.0. The number of amides is 1. The first-order valence-electron chi connectivity index (χ1n) is 7.64. The normalized spacial score (nSPS) is 14.0. The highest BCUT2D eigenvalue weighted by Gasteiger charge is 2.32. The van der Waals surface area contributed by atoms with Crippen LogP contribution in [0.1, 0.15) is 33.1 Å². The van der Waals surface area contributed by atoms with Crippen LogP contribution in [-0.2, 0) is 4.79 Å². The van der Waals surface area contributed by atoms with E-state index in [0.29, 0.717) is 17.7 Å². The number of hydrogen-bond donors (Lipinski definition) is 0. The first-order valence-corrected chi connectivity index (χ1v) is 7.64. The number of nitro benzene ring substituents is 1. The van der Waals surface area contributed by atoms with E-state index in [2.05, 4.69) is 13.8 Å². The van der Waals surface area contributed by atoms with Crippen LogP contribution in [0.4, 0.5) is 5.69 Å². The summed E-state index contributed by atoms with van der Waals surface area (Å²) in [4.78, 5) is 24.3. The lowest BCUT2D eigenvalue weighted by atomic mass is 10.1. The molecule has 0 radical (unpaired) electrons. The molecule has 0 aliphatic heterocycles. The van der Waals surface area contributed by atoms with Crippen LogP contribution in [0.2, 0.25) is 0 Å². The van der Waals surface area contributed by atoms with Crippen LogP contribution in [0.15, 0.2) is 24.3 Å². The molecule has 2 rings (SSSR count). The van der Waals surface area contributed by atoms with Crippen LogP contribution in [0.5, 0.6) is 5.75 Å². The fraction of sp³-hybridized carbons (Fsp3) is 0.562. The molecule has 6 nitrogen and oxygen atoms in total. The zero-order valence-corrected chi connectivity index (χ0v) is 13.0. The van der Waals surface area contributed by atoms with Crippen molar-refractivity contribution in [3.8, 4) is 5.75 Å². The van der Waals surface area contributed by atoms with Crippen molar-refractivity contribution in [1.82, 2.24) is 4.90 Å². The van der Waals surface area contributed by atoms with Crippen LogP contribution in [-0.4, -0.2) is 34.9 Å².